The summed E-state index contributed by atoms with van der Waals surface area (Å²) in [6, 6.07) is 11.7. The second-order valence-electron chi connectivity index (χ2n) is 7.65. The summed E-state index contributed by atoms with van der Waals surface area (Å²) in [5.74, 6) is -8.01. The van der Waals surface area contributed by atoms with Gasteiger partial charge in [-0.15, -0.1) is 0 Å². The molecule has 178 valence electrons. The molecule has 0 aliphatic carbocycles. The van der Waals surface area contributed by atoms with Gasteiger partial charge in [0.25, 0.3) is 0 Å². The zero-order chi connectivity index (χ0) is 25.3. The van der Waals surface area contributed by atoms with Crippen molar-refractivity contribution in [3.8, 4) is 33.5 Å². The van der Waals surface area contributed by atoms with Crippen molar-refractivity contribution in [2.24, 2.45) is 0 Å². The van der Waals surface area contributed by atoms with Crippen LogP contribution in [0.3, 0.4) is 0 Å². The normalized spacial score (nSPS) is 12.0. The third kappa shape index (κ3) is 4.82. The SMILES string of the molecule is CC/C(F)=C(\F)c1ccc(-c2ccc(-c3ccc(-c4cc(F)c(F)c(F)c4)nc3)c(F)c2)c(F)c1. The molecule has 0 spiro atoms. The van der Waals surface area contributed by atoms with E-state index in [-0.39, 0.29) is 39.9 Å². The van der Waals surface area contributed by atoms with Gasteiger partial charge in [0.2, 0.25) is 0 Å². The lowest BCUT2D eigenvalue weighted by Gasteiger charge is -2.10. The number of nitrogens with zero attached hydrogens (tertiary/aromatic N) is 1. The van der Waals surface area contributed by atoms with Crippen molar-refractivity contribution in [1.29, 1.82) is 0 Å². The highest BCUT2D eigenvalue weighted by Crippen LogP contribution is 2.32. The van der Waals surface area contributed by atoms with Gasteiger partial charge in [-0.25, -0.2) is 30.7 Å². The summed E-state index contributed by atoms with van der Waals surface area (Å²) >= 11 is 0. The van der Waals surface area contributed by atoms with Crippen molar-refractivity contribution in [2.75, 3.05) is 0 Å². The standard InChI is InChI=1S/C27H16F7N/c1-2-20(28)26(33)15-4-7-18(22(30)10-15)14-3-6-19(21(29)9-14)16-5-8-25(35-13-16)17-11-23(31)27(34)24(32)12-17/h3-13H,2H2,1H3/b26-20+. The van der Waals surface area contributed by atoms with Gasteiger partial charge in [0, 0.05) is 34.0 Å². The third-order valence-electron chi connectivity index (χ3n) is 5.41. The average molecular weight is 487 g/mol. The van der Waals surface area contributed by atoms with Crippen LogP contribution in [0.5, 0.6) is 0 Å². The number of hydrogen-bond acceptors (Lipinski definition) is 1. The fraction of sp³-hybridized carbons (Fsp3) is 0.0741. The first kappa shape index (κ1) is 24.2. The van der Waals surface area contributed by atoms with Gasteiger partial charge < -0.3 is 0 Å². The first-order valence-electron chi connectivity index (χ1n) is 10.4. The predicted molar refractivity (Wildman–Crippen MR) is 120 cm³/mol. The molecule has 0 aliphatic rings. The number of hydrogen-bond donors (Lipinski definition) is 0. The topological polar surface area (TPSA) is 12.9 Å². The Bertz CT molecular complexity index is 1420. The molecular weight excluding hydrogens is 471 g/mol. The molecular formula is C27H16F7N. The Hall–Kier alpha value is -3.94. The van der Waals surface area contributed by atoms with E-state index >= 15 is 0 Å². The smallest absolute Gasteiger partial charge is 0.194 e. The average Bonchev–Trinajstić information content (AvgIpc) is 2.86. The van der Waals surface area contributed by atoms with Crippen LogP contribution in [-0.2, 0) is 0 Å². The molecule has 1 aromatic heterocycles. The van der Waals surface area contributed by atoms with E-state index in [0.717, 1.165) is 24.3 Å². The highest BCUT2D eigenvalue weighted by Gasteiger charge is 2.15. The summed E-state index contributed by atoms with van der Waals surface area (Å²) in [5, 5.41) is 0. The molecule has 0 saturated carbocycles. The maximum absolute atomic E-state index is 14.9. The molecule has 4 rings (SSSR count). The highest BCUT2D eigenvalue weighted by molar-refractivity contribution is 5.73. The lowest BCUT2D eigenvalue weighted by molar-refractivity contribution is 0.447. The van der Waals surface area contributed by atoms with Gasteiger partial charge in [0.1, 0.15) is 17.5 Å². The quantitative estimate of drug-likeness (QED) is 0.203. The van der Waals surface area contributed by atoms with Gasteiger partial charge in [-0.2, -0.15) is 0 Å². The van der Waals surface area contributed by atoms with E-state index in [4.69, 9.17) is 0 Å². The molecule has 0 fully saturated rings. The predicted octanol–water partition coefficient (Wildman–Crippen LogP) is 8.80. The Labute approximate surface area is 196 Å². The number of halogens is 7. The van der Waals surface area contributed by atoms with Crippen LogP contribution in [0.2, 0.25) is 0 Å². The van der Waals surface area contributed by atoms with Crippen LogP contribution in [0.4, 0.5) is 30.7 Å². The maximum Gasteiger partial charge on any atom is 0.194 e. The van der Waals surface area contributed by atoms with Gasteiger partial charge in [0.05, 0.1) is 5.69 Å². The van der Waals surface area contributed by atoms with E-state index in [2.05, 4.69) is 4.98 Å². The van der Waals surface area contributed by atoms with E-state index in [1.54, 1.807) is 0 Å². The minimum Gasteiger partial charge on any atom is -0.256 e. The van der Waals surface area contributed by atoms with Gasteiger partial charge >= 0.3 is 0 Å². The van der Waals surface area contributed by atoms with E-state index in [0.29, 0.717) is 5.56 Å². The zero-order valence-corrected chi connectivity index (χ0v) is 18.2. The summed E-state index contributed by atoms with van der Waals surface area (Å²) in [6.07, 6.45) is 1.11. The molecule has 35 heavy (non-hydrogen) atoms. The lowest BCUT2D eigenvalue weighted by Crippen LogP contribution is -1.94. The largest absolute Gasteiger partial charge is 0.256 e. The Morgan fingerprint density at radius 1 is 0.657 bits per heavy atom. The fourth-order valence-corrected chi connectivity index (χ4v) is 3.54. The Morgan fingerprint density at radius 3 is 1.80 bits per heavy atom. The van der Waals surface area contributed by atoms with E-state index in [9.17, 15) is 30.7 Å². The third-order valence-corrected chi connectivity index (χ3v) is 5.41. The van der Waals surface area contributed by atoms with Crippen molar-refractivity contribution in [2.45, 2.75) is 13.3 Å². The van der Waals surface area contributed by atoms with Crippen molar-refractivity contribution < 1.29 is 30.7 Å². The fourth-order valence-electron chi connectivity index (χ4n) is 3.54. The first-order chi connectivity index (χ1) is 16.7. The molecule has 0 N–H and O–H groups in total. The molecule has 1 heterocycles. The molecule has 8 heteroatoms. The minimum absolute atomic E-state index is 0.00209. The first-order valence-corrected chi connectivity index (χ1v) is 10.4. The van der Waals surface area contributed by atoms with Crippen LogP contribution in [-0.4, -0.2) is 4.98 Å². The van der Waals surface area contributed by atoms with Crippen LogP contribution >= 0.6 is 0 Å². The van der Waals surface area contributed by atoms with E-state index in [1.807, 2.05) is 0 Å². The van der Waals surface area contributed by atoms with Crippen LogP contribution in [0.1, 0.15) is 18.9 Å². The van der Waals surface area contributed by atoms with Crippen molar-refractivity contribution in [3.63, 3.8) is 0 Å². The van der Waals surface area contributed by atoms with Gasteiger partial charge in [-0.05, 0) is 42.3 Å². The van der Waals surface area contributed by atoms with Crippen LogP contribution in [0, 0.1) is 29.1 Å². The Morgan fingerprint density at radius 2 is 1.23 bits per heavy atom. The van der Waals surface area contributed by atoms with Crippen molar-refractivity contribution in [1.82, 2.24) is 4.98 Å². The molecule has 3 aromatic carbocycles. The Balaban J connectivity index is 1.63. The maximum atomic E-state index is 14.9. The summed E-state index contributed by atoms with van der Waals surface area (Å²) < 4.78 is 97.0. The van der Waals surface area contributed by atoms with Gasteiger partial charge in [0.15, 0.2) is 23.3 Å². The molecule has 1 nitrogen and oxygen atoms in total. The molecule has 0 saturated heterocycles. The highest BCUT2D eigenvalue weighted by atomic mass is 19.2. The lowest BCUT2D eigenvalue weighted by atomic mass is 9.98. The van der Waals surface area contributed by atoms with Crippen LogP contribution in [0.25, 0.3) is 39.3 Å². The van der Waals surface area contributed by atoms with Gasteiger partial charge in [-0.3, -0.25) is 4.98 Å². The second kappa shape index (κ2) is 9.74. The summed E-state index contributed by atoms with van der Waals surface area (Å²) in [5.41, 5.74) is 0.531. The second-order valence-corrected chi connectivity index (χ2v) is 7.65. The zero-order valence-electron chi connectivity index (χ0n) is 18.2. The number of pyridine rings is 1. The van der Waals surface area contributed by atoms with E-state index in [1.165, 1.54) is 49.5 Å². The van der Waals surface area contributed by atoms with Crippen LogP contribution in [0.15, 0.2) is 72.7 Å². The molecule has 0 amide bonds. The van der Waals surface area contributed by atoms with Crippen molar-refractivity contribution in [3.05, 3.63) is 107 Å². The van der Waals surface area contributed by atoms with Gasteiger partial charge in [-0.1, -0.05) is 37.3 Å². The van der Waals surface area contributed by atoms with E-state index < -0.39 is 40.7 Å². The van der Waals surface area contributed by atoms with Crippen molar-refractivity contribution >= 4 is 5.83 Å². The molecule has 0 radical (unpaired) electrons. The number of allylic oxidation sites excluding steroid dienone is 1. The number of aromatic nitrogens is 1. The Kier molecular flexibility index (Phi) is 6.73. The number of benzene rings is 3. The molecule has 0 unspecified atom stereocenters. The number of rotatable bonds is 5. The monoisotopic (exact) mass is 487 g/mol. The molecule has 0 aliphatic heterocycles. The summed E-state index contributed by atoms with van der Waals surface area (Å²) in [6.45, 7) is 1.43. The van der Waals surface area contributed by atoms with Crippen LogP contribution < -0.4 is 0 Å². The summed E-state index contributed by atoms with van der Waals surface area (Å²) in [7, 11) is 0. The molecule has 4 aromatic rings. The molecule has 0 atom stereocenters. The summed E-state index contributed by atoms with van der Waals surface area (Å²) in [4.78, 5) is 4.07. The molecule has 0 bridgehead atoms. The minimum atomic E-state index is -1.59.